The van der Waals surface area contributed by atoms with E-state index in [2.05, 4.69) is 9.05 Å². The van der Waals surface area contributed by atoms with Gasteiger partial charge in [0.05, 0.1) is 25.2 Å². The van der Waals surface area contributed by atoms with Crippen LogP contribution in [0.25, 0.3) is 0 Å². The number of phosphoric ester groups is 2. The molecule has 156 valence electrons. The summed E-state index contributed by atoms with van der Waals surface area (Å²) in [5.74, 6) is 0. The van der Waals surface area contributed by atoms with E-state index in [-0.39, 0.29) is 0 Å². The number of alkyl halides is 2. The maximum atomic E-state index is 14.0. The maximum Gasteiger partial charge on any atom is 0.472 e. The summed E-state index contributed by atoms with van der Waals surface area (Å²) in [7, 11) is -7.36. The van der Waals surface area contributed by atoms with Gasteiger partial charge in [-0.1, -0.05) is 0 Å². The average Bonchev–Trinajstić information content (AvgIpc) is 2.96. The largest absolute Gasteiger partial charge is 0.472 e. The third kappa shape index (κ3) is 6.03. The smallest absolute Gasteiger partial charge is 0.394 e. The van der Waals surface area contributed by atoms with Crippen LogP contribution in [0.4, 0.5) is 8.78 Å². The molecule has 2 saturated heterocycles. The molecule has 0 aromatic carbocycles. The number of phosphoric acid groups is 2. The first-order valence-corrected chi connectivity index (χ1v) is 11.0. The van der Waals surface area contributed by atoms with Crippen LogP contribution in [-0.4, -0.2) is 97.5 Å². The second-order valence-electron chi connectivity index (χ2n) is 6.23. The zero-order valence-corrected chi connectivity index (χ0v) is 16.1. The molecular formula is C10H20B2F2O11P2. The van der Waals surface area contributed by atoms with Crippen molar-refractivity contribution in [1.82, 2.24) is 0 Å². The molecule has 0 bridgehead atoms. The number of halogens is 2. The lowest BCUT2D eigenvalue weighted by molar-refractivity contribution is -0.0276. The Hall–Kier alpha value is 0.0899. The van der Waals surface area contributed by atoms with Crippen LogP contribution in [0.2, 0.25) is 0 Å². The molecule has 11 nitrogen and oxygen atoms in total. The Kier molecular flexibility index (Phi) is 7.66. The van der Waals surface area contributed by atoms with E-state index in [0.29, 0.717) is 0 Å². The molecule has 0 aromatic rings. The van der Waals surface area contributed by atoms with Crippen molar-refractivity contribution in [3.05, 3.63) is 0 Å². The summed E-state index contributed by atoms with van der Waals surface area (Å²) in [6.45, 7) is -1.49. The summed E-state index contributed by atoms with van der Waals surface area (Å²) in [4.78, 5) is 27.5. The first-order valence-electron chi connectivity index (χ1n) is 7.94. The maximum absolute atomic E-state index is 14.0. The molecule has 2 rings (SSSR count). The number of aliphatic hydroxyl groups excluding tert-OH is 1. The molecule has 0 amide bonds. The van der Waals surface area contributed by atoms with Gasteiger partial charge in [0.15, 0.2) is 0 Å². The number of hydrogen-bond acceptors (Lipinski definition) is 8. The van der Waals surface area contributed by atoms with Gasteiger partial charge in [-0.25, -0.2) is 17.9 Å². The van der Waals surface area contributed by atoms with E-state index in [1.54, 1.807) is 0 Å². The molecule has 0 spiro atoms. The highest BCUT2D eigenvalue weighted by atomic mass is 31.2. The number of hydrogen-bond donors (Lipinski definition) is 4. The van der Waals surface area contributed by atoms with Gasteiger partial charge >= 0.3 is 15.6 Å². The number of aliphatic hydroxyl groups is 1. The van der Waals surface area contributed by atoms with Crippen LogP contribution >= 0.6 is 15.6 Å². The van der Waals surface area contributed by atoms with E-state index in [1.165, 1.54) is 15.7 Å². The van der Waals surface area contributed by atoms with Gasteiger partial charge in [0.1, 0.15) is 52.5 Å². The van der Waals surface area contributed by atoms with Crippen molar-refractivity contribution in [3.8, 4) is 0 Å². The molecule has 2 aliphatic rings. The first-order chi connectivity index (χ1) is 12.3. The first kappa shape index (κ1) is 23.4. The molecule has 5 unspecified atom stereocenters. The van der Waals surface area contributed by atoms with Crippen LogP contribution < -0.4 is 0 Å². The summed E-state index contributed by atoms with van der Waals surface area (Å²) in [6, 6.07) is -2.10. The highest BCUT2D eigenvalue weighted by Gasteiger charge is 2.49. The normalized spacial score (nSPS) is 42.3. The lowest BCUT2D eigenvalue weighted by Gasteiger charge is -2.24. The quantitative estimate of drug-likeness (QED) is 0.232. The molecule has 0 aromatic heterocycles. The molecule has 2 aliphatic heterocycles. The number of rotatable bonds is 8. The van der Waals surface area contributed by atoms with Gasteiger partial charge in [0, 0.05) is 0 Å². The lowest BCUT2D eigenvalue weighted by Crippen LogP contribution is -2.35. The second kappa shape index (κ2) is 8.85. The fourth-order valence-corrected chi connectivity index (χ4v) is 4.37. The van der Waals surface area contributed by atoms with Crippen molar-refractivity contribution < 1.29 is 60.7 Å². The molecule has 0 aliphatic carbocycles. The number of ether oxygens (including phenoxy) is 2. The van der Waals surface area contributed by atoms with E-state index in [9.17, 15) is 22.8 Å². The van der Waals surface area contributed by atoms with Crippen LogP contribution in [0.5, 0.6) is 0 Å². The van der Waals surface area contributed by atoms with E-state index >= 15 is 0 Å². The molecule has 0 saturated carbocycles. The van der Waals surface area contributed by atoms with Crippen LogP contribution in [0.3, 0.4) is 0 Å². The SMILES string of the molecule is B[C@@H]1O[C@H](COP(=O)(O)OC2C(F)[C@H](B)O[C@@H]2CO)C(OP(=O)(O)O)C1F. The van der Waals surface area contributed by atoms with Gasteiger partial charge in [-0.15, -0.1) is 0 Å². The highest BCUT2D eigenvalue weighted by molar-refractivity contribution is 7.47. The molecular weight excluding hydrogens is 418 g/mol. The predicted molar refractivity (Wildman–Crippen MR) is 88.9 cm³/mol. The average molecular weight is 438 g/mol. The van der Waals surface area contributed by atoms with Crippen LogP contribution in [-0.2, 0) is 32.2 Å². The summed E-state index contributed by atoms with van der Waals surface area (Å²) in [5.41, 5.74) is 0. The Morgan fingerprint density at radius 1 is 0.926 bits per heavy atom. The van der Waals surface area contributed by atoms with E-state index in [4.69, 9.17) is 28.9 Å². The minimum Gasteiger partial charge on any atom is -0.394 e. The molecule has 2 heterocycles. The predicted octanol–water partition coefficient (Wildman–Crippen LogP) is -2.65. The van der Waals surface area contributed by atoms with Crippen molar-refractivity contribution >= 4 is 31.3 Å². The molecule has 17 heteroatoms. The monoisotopic (exact) mass is 438 g/mol. The third-order valence-corrected chi connectivity index (χ3v) is 5.64. The molecule has 4 N–H and O–H groups in total. The topological polar surface area (TPSA) is 161 Å². The van der Waals surface area contributed by atoms with Crippen molar-refractivity contribution in [2.24, 2.45) is 0 Å². The zero-order valence-electron chi connectivity index (χ0n) is 14.3. The van der Waals surface area contributed by atoms with Gasteiger partial charge in [0.2, 0.25) is 0 Å². The van der Waals surface area contributed by atoms with Gasteiger partial charge in [0.25, 0.3) is 0 Å². The van der Waals surface area contributed by atoms with Gasteiger partial charge < -0.3 is 29.3 Å². The van der Waals surface area contributed by atoms with Gasteiger partial charge in [-0.3, -0.25) is 13.6 Å². The van der Waals surface area contributed by atoms with Crippen molar-refractivity contribution in [3.63, 3.8) is 0 Å². The Morgan fingerprint density at radius 3 is 1.89 bits per heavy atom. The molecule has 2 fully saturated rings. The van der Waals surface area contributed by atoms with Crippen molar-refractivity contribution in [2.45, 2.75) is 48.8 Å². The summed E-state index contributed by atoms with van der Waals surface area (Å²) in [5, 5.41) is 9.14. The Bertz CT molecular complexity index is 612. The Morgan fingerprint density at radius 2 is 1.41 bits per heavy atom. The highest BCUT2D eigenvalue weighted by Crippen LogP contribution is 2.49. The van der Waals surface area contributed by atoms with Crippen molar-refractivity contribution in [2.75, 3.05) is 13.2 Å². The standard InChI is InChI=1S/C10H20B2F2O11P2/c11-9-5(13)7(3(1-15)22-9)25-27(19,20)21-2-4-8(24-26(16,17)18)6(14)10(12)23-4/h3-10,15H,1-2,11-12H2,(H,19,20)(H2,16,17,18)/t3-,4-,5?,6?,7?,8?,9-,10-/m1/s1. The zero-order chi connectivity index (χ0) is 20.6. The van der Waals surface area contributed by atoms with Crippen molar-refractivity contribution in [1.29, 1.82) is 0 Å². The minimum absolute atomic E-state index is 0.666. The van der Waals surface area contributed by atoms with Gasteiger partial charge in [-0.2, -0.15) is 0 Å². The second-order valence-corrected chi connectivity index (χ2v) is 8.82. The van der Waals surface area contributed by atoms with E-state index in [0.717, 1.165) is 0 Å². The Balaban J connectivity index is 1.99. The van der Waals surface area contributed by atoms with Crippen LogP contribution in [0.15, 0.2) is 0 Å². The molecule has 9 atom stereocenters. The third-order valence-electron chi connectivity index (χ3n) is 4.13. The summed E-state index contributed by atoms with van der Waals surface area (Å²) < 4.78 is 74.8. The Labute approximate surface area is 154 Å². The molecule has 27 heavy (non-hydrogen) atoms. The molecule has 0 radical (unpaired) electrons. The minimum atomic E-state index is -5.06. The van der Waals surface area contributed by atoms with E-state index < -0.39 is 77.6 Å². The fraction of sp³-hybridized carbons (Fsp3) is 1.00. The lowest BCUT2D eigenvalue weighted by atomic mass is 9.94. The summed E-state index contributed by atoms with van der Waals surface area (Å²) in [6.07, 6.45) is -9.70. The van der Waals surface area contributed by atoms with Crippen LogP contribution in [0, 0.1) is 0 Å². The van der Waals surface area contributed by atoms with Gasteiger partial charge in [-0.05, 0) is 0 Å². The van der Waals surface area contributed by atoms with E-state index in [1.807, 2.05) is 0 Å². The summed E-state index contributed by atoms with van der Waals surface area (Å²) >= 11 is 0. The van der Waals surface area contributed by atoms with Crippen LogP contribution in [0.1, 0.15) is 0 Å². The fourth-order valence-electron chi connectivity index (χ4n) is 2.84.